The molecular formula is C14H22O9. The number of aliphatic hydroxyl groups excluding tert-OH is 5. The number of carbonyl (C=O) groups excluding carboxylic acids is 1. The quantitative estimate of drug-likeness (QED) is 0.305. The molecule has 132 valence electrons. The maximum absolute atomic E-state index is 11.1. The lowest BCUT2D eigenvalue weighted by Gasteiger charge is -2.40. The van der Waals surface area contributed by atoms with Crippen molar-refractivity contribution in [2.24, 2.45) is 0 Å². The van der Waals surface area contributed by atoms with Gasteiger partial charge in [-0.25, -0.2) is 0 Å². The zero-order valence-electron chi connectivity index (χ0n) is 12.4. The summed E-state index contributed by atoms with van der Waals surface area (Å²) in [5, 5.41) is 58.2. The van der Waals surface area contributed by atoms with Gasteiger partial charge in [-0.05, 0) is 12.2 Å². The molecule has 2 aliphatic rings. The van der Waals surface area contributed by atoms with Crippen LogP contribution in [0.1, 0.15) is 12.8 Å². The van der Waals surface area contributed by atoms with Crippen LogP contribution in [0.2, 0.25) is 0 Å². The smallest absolute Gasteiger partial charge is 0.186 e. The topological polar surface area (TPSA) is 157 Å². The molecule has 6 N–H and O–H groups in total. The first-order chi connectivity index (χ1) is 10.8. The lowest BCUT2D eigenvalue weighted by Crippen LogP contribution is -2.59. The normalized spacial score (nSPS) is 44.5. The molecule has 0 aromatic rings. The van der Waals surface area contributed by atoms with E-state index >= 15 is 0 Å². The predicted molar refractivity (Wildman–Crippen MR) is 74.1 cm³/mol. The van der Waals surface area contributed by atoms with Gasteiger partial charge in [-0.2, -0.15) is 0 Å². The summed E-state index contributed by atoms with van der Waals surface area (Å²) in [6.45, 7) is -0.729. The first-order valence-electron chi connectivity index (χ1n) is 7.33. The van der Waals surface area contributed by atoms with Crippen LogP contribution in [0.4, 0.5) is 0 Å². The van der Waals surface area contributed by atoms with E-state index in [4.69, 9.17) is 14.6 Å². The second-order valence-corrected chi connectivity index (χ2v) is 5.83. The van der Waals surface area contributed by atoms with Gasteiger partial charge in [0.05, 0.1) is 19.3 Å². The zero-order chi connectivity index (χ0) is 17.2. The van der Waals surface area contributed by atoms with Gasteiger partial charge < -0.3 is 40.1 Å². The van der Waals surface area contributed by atoms with E-state index in [1.54, 1.807) is 0 Å². The molecule has 9 heteroatoms. The van der Waals surface area contributed by atoms with E-state index in [0.717, 1.165) is 0 Å². The molecule has 0 aromatic carbocycles. The fourth-order valence-electron chi connectivity index (χ4n) is 2.58. The number of aliphatic hydroxyl groups is 6. The van der Waals surface area contributed by atoms with Gasteiger partial charge in [0.15, 0.2) is 12.1 Å². The molecule has 9 nitrogen and oxygen atoms in total. The average Bonchev–Trinajstić information content (AvgIpc) is 2.52. The Balaban J connectivity index is 1.90. The summed E-state index contributed by atoms with van der Waals surface area (Å²) in [6, 6.07) is 0. The van der Waals surface area contributed by atoms with E-state index < -0.39 is 49.0 Å². The van der Waals surface area contributed by atoms with Crippen LogP contribution in [0.5, 0.6) is 0 Å². The monoisotopic (exact) mass is 334 g/mol. The fourth-order valence-corrected chi connectivity index (χ4v) is 2.58. The van der Waals surface area contributed by atoms with E-state index in [0.29, 0.717) is 0 Å². The van der Waals surface area contributed by atoms with Crippen molar-refractivity contribution in [1.29, 1.82) is 0 Å². The molecule has 0 saturated carbocycles. The van der Waals surface area contributed by atoms with Gasteiger partial charge in [-0.15, -0.1) is 0 Å². The van der Waals surface area contributed by atoms with E-state index in [1.807, 2.05) is 0 Å². The van der Waals surface area contributed by atoms with Crippen LogP contribution in [0.25, 0.3) is 0 Å². The Kier molecular flexibility index (Phi) is 5.87. The van der Waals surface area contributed by atoms with Crippen LogP contribution >= 0.6 is 0 Å². The van der Waals surface area contributed by atoms with Crippen molar-refractivity contribution < 1.29 is 44.9 Å². The minimum atomic E-state index is -1.64. The highest BCUT2D eigenvalue weighted by Gasteiger charge is 2.44. The number of ketones is 1. The summed E-state index contributed by atoms with van der Waals surface area (Å²) < 4.78 is 10.4. The molecule has 2 rings (SSSR count). The molecule has 0 amide bonds. The Morgan fingerprint density at radius 3 is 2.52 bits per heavy atom. The van der Waals surface area contributed by atoms with Gasteiger partial charge in [0.1, 0.15) is 30.0 Å². The van der Waals surface area contributed by atoms with E-state index in [9.17, 15) is 30.3 Å². The summed E-state index contributed by atoms with van der Waals surface area (Å²) in [6.07, 6.45) is -6.12. The molecule has 1 aliphatic heterocycles. The maximum Gasteiger partial charge on any atom is 0.186 e. The number of ether oxygens (including phenoxy) is 2. The Hall–Kier alpha value is -0.910. The molecule has 7 atom stereocenters. The molecule has 1 fully saturated rings. The van der Waals surface area contributed by atoms with Crippen LogP contribution in [0.15, 0.2) is 12.2 Å². The van der Waals surface area contributed by atoms with Crippen LogP contribution in [0.3, 0.4) is 0 Å². The van der Waals surface area contributed by atoms with Gasteiger partial charge in [-0.3, -0.25) is 4.79 Å². The zero-order valence-corrected chi connectivity index (χ0v) is 12.4. The van der Waals surface area contributed by atoms with Crippen molar-refractivity contribution in [2.45, 2.75) is 55.3 Å². The number of allylic oxidation sites excluding steroid dienone is 1. The Bertz CT molecular complexity index is 452. The van der Waals surface area contributed by atoms with Crippen molar-refractivity contribution in [1.82, 2.24) is 0 Å². The average molecular weight is 334 g/mol. The predicted octanol–water partition coefficient (Wildman–Crippen LogP) is -3.19. The van der Waals surface area contributed by atoms with Gasteiger partial charge in [0.25, 0.3) is 0 Å². The SMILES string of the molecule is O=C1C=CC(O)(CCOC2OC(CO)C(O)C(O)C2O)C(O)C1. The Labute approximate surface area is 132 Å². The molecule has 0 bridgehead atoms. The van der Waals surface area contributed by atoms with Gasteiger partial charge in [0, 0.05) is 12.8 Å². The van der Waals surface area contributed by atoms with Crippen molar-refractivity contribution in [3.05, 3.63) is 12.2 Å². The highest BCUT2D eigenvalue weighted by atomic mass is 16.7. The van der Waals surface area contributed by atoms with Crippen LogP contribution < -0.4 is 0 Å². The van der Waals surface area contributed by atoms with E-state index in [2.05, 4.69) is 0 Å². The molecule has 0 spiro atoms. The maximum atomic E-state index is 11.1. The first kappa shape index (κ1) is 18.4. The van der Waals surface area contributed by atoms with Crippen LogP contribution in [-0.2, 0) is 14.3 Å². The highest BCUT2D eigenvalue weighted by Crippen LogP contribution is 2.26. The molecule has 1 heterocycles. The summed E-state index contributed by atoms with van der Waals surface area (Å²) in [5.74, 6) is -0.294. The van der Waals surface area contributed by atoms with Gasteiger partial charge in [-0.1, -0.05) is 0 Å². The van der Waals surface area contributed by atoms with Crippen molar-refractivity contribution in [3.63, 3.8) is 0 Å². The third kappa shape index (κ3) is 3.95. The minimum Gasteiger partial charge on any atom is -0.394 e. The van der Waals surface area contributed by atoms with Crippen LogP contribution in [-0.4, -0.2) is 92.0 Å². The summed E-state index contributed by atoms with van der Waals surface area (Å²) in [4.78, 5) is 11.1. The van der Waals surface area contributed by atoms with Gasteiger partial charge >= 0.3 is 0 Å². The molecule has 23 heavy (non-hydrogen) atoms. The minimum absolute atomic E-state index is 0.0764. The third-order valence-corrected chi connectivity index (χ3v) is 4.16. The van der Waals surface area contributed by atoms with Crippen molar-refractivity contribution in [3.8, 4) is 0 Å². The molecule has 0 aromatic heterocycles. The number of rotatable bonds is 5. The van der Waals surface area contributed by atoms with Gasteiger partial charge in [0.2, 0.25) is 0 Å². The van der Waals surface area contributed by atoms with E-state index in [-0.39, 0.29) is 25.2 Å². The number of hydrogen-bond acceptors (Lipinski definition) is 9. The standard InChI is InChI=1S/C14H22O9/c15-6-8-10(18)11(19)12(20)13(23-8)22-4-3-14(21)2-1-7(16)5-9(14)17/h1-2,8-13,15,17-21H,3-6H2. The third-order valence-electron chi connectivity index (χ3n) is 4.16. The Morgan fingerprint density at radius 1 is 1.22 bits per heavy atom. The second kappa shape index (κ2) is 7.32. The number of carbonyl (C=O) groups is 1. The summed E-state index contributed by atoms with van der Waals surface area (Å²) >= 11 is 0. The molecular weight excluding hydrogens is 312 g/mol. The molecule has 0 radical (unpaired) electrons. The van der Waals surface area contributed by atoms with Crippen molar-refractivity contribution in [2.75, 3.05) is 13.2 Å². The summed E-state index contributed by atoms with van der Waals surface area (Å²) in [5.41, 5.74) is -1.64. The van der Waals surface area contributed by atoms with Crippen molar-refractivity contribution >= 4 is 5.78 Å². The molecule has 1 aliphatic carbocycles. The number of hydrogen-bond donors (Lipinski definition) is 6. The lowest BCUT2D eigenvalue weighted by atomic mass is 9.85. The first-order valence-corrected chi connectivity index (χ1v) is 7.33. The Morgan fingerprint density at radius 2 is 1.91 bits per heavy atom. The molecule has 7 unspecified atom stereocenters. The lowest BCUT2D eigenvalue weighted by molar-refractivity contribution is -0.302. The van der Waals surface area contributed by atoms with Crippen LogP contribution in [0, 0.1) is 0 Å². The summed E-state index contributed by atoms with van der Waals surface area (Å²) in [7, 11) is 0. The molecule has 1 saturated heterocycles. The highest BCUT2D eigenvalue weighted by molar-refractivity contribution is 5.91. The largest absolute Gasteiger partial charge is 0.394 e. The van der Waals surface area contributed by atoms with E-state index in [1.165, 1.54) is 12.2 Å². The second-order valence-electron chi connectivity index (χ2n) is 5.83. The fraction of sp³-hybridized carbons (Fsp3) is 0.786.